The highest BCUT2D eigenvalue weighted by molar-refractivity contribution is 5.92. The van der Waals surface area contributed by atoms with Crippen molar-refractivity contribution in [3.8, 4) is 0 Å². The maximum absolute atomic E-state index is 12.5. The fourth-order valence-electron chi connectivity index (χ4n) is 2.97. The van der Waals surface area contributed by atoms with Crippen LogP contribution in [0, 0.1) is 6.92 Å². The Morgan fingerprint density at radius 1 is 1.05 bits per heavy atom. The summed E-state index contributed by atoms with van der Waals surface area (Å²) in [6.45, 7) is 3.54. The number of pyridine rings is 1. The van der Waals surface area contributed by atoms with Crippen LogP contribution in [0.15, 0.2) is 48.5 Å². The van der Waals surface area contributed by atoms with Gasteiger partial charge in [0.2, 0.25) is 0 Å². The van der Waals surface area contributed by atoms with Crippen molar-refractivity contribution in [1.29, 1.82) is 0 Å². The van der Waals surface area contributed by atoms with Crippen LogP contribution < -0.4 is 0 Å². The Labute approximate surface area is 125 Å². The van der Waals surface area contributed by atoms with Crippen molar-refractivity contribution >= 4 is 5.91 Å². The minimum Gasteiger partial charge on any atom is -0.337 e. The molecular weight excluding hydrogens is 260 g/mol. The van der Waals surface area contributed by atoms with Gasteiger partial charge in [-0.15, -0.1) is 0 Å². The number of likely N-dealkylation sites (tertiary alicyclic amines) is 1. The van der Waals surface area contributed by atoms with Crippen molar-refractivity contribution in [2.24, 2.45) is 0 Å². The van der Waals surface area contributed by atoms with Crippen molar-refractivity contribution < 1.29 is 4.79 Å². The van der Waals surface area contributed by atoms with E-state index in [0.717, 1.165) is 31.6 Å². The molecule has 3 heteroatoms. The van der Waals surface area contributed by atoms with E-state index in [2.05, 4.69) is 29.2 Å². The number of hydrogen-bond donors (Lipinski definition) is 0. The molecule has 2 heterocycles. The van der Waals surface area contributed by atoms with Crippen LogP contribution in [0.3, 0.4) is 0 Å². The number of piperidine rings is 1. The quantitative estimate of drug-likeness (QED) is 0.844. The molecule has 1 aromatic heterocycles. The molecule has 0 aliphatic carbocycles. The summed E-state index contributed by atoms with van der Waals surface area (Å²) >= 11 is 0. The summed E-state index contributed by atoms with van der Waals surface area (Å²) in [6.07, 6.45) is 2.06. The molecule has 0 saturated carbocycles. The average Bonchev–Trinajstić information content (AvgIpc) is 2.55. The van der Waals surface area contributed by atoms with Gasteiger partial charge >= 0.3 is 0 Å². The molecule has 21 heavy (non-hydrogen) atoms. The second-order valence-corrected chi connectivity index (χ2v) is 5.64. The lowest BCUT2D eigenvalue weighted by molar-refractivity contribution is 0.0707. The third-order valence-electron chi connectivity index (χ3n) is 4.16. The van der Waals surface area contributed by atoms with E-state index in [0.29, 0.717) is 11.6 Å². The van der Waals surface area contributed by atoms with Crippen molar-refractivity contribution in [3.05, 3.63) is 65.5 Å². The first-order valence-corrected chi connectivity index (χ1v) is 7.52. The van der Waals surface area contributed by atoms with Gasteiger partial charge in [-0.25, -0.2) is 4.98 Å². The van der Waals surface area contributed by atoms with Gasteiger partial charge in [0.15, 0.2) is 0 Å². The number of aromatic nitrogens is 1. The monoisotopic (exact) mass is 280 g/mol. The topological polar surface area (TPSA) is 33.2 Å². The van der Waals surface area contributed by atoms with Gasteiger partial charge in [0.25, 0.3) is 5.91 Å². The molecule has 0 bridgehead atoms. The Morgan fingerprint density at radius 3 is 2.43 bits per heavy atom. The second kappa shape index (κ2) is 6.08. The summed E-state index contributed by atoms with van der Waals surface area (Å²) in [6, 6.07) is 16.2. The Bertz CT molecular complexity index is 616. The number of benzene rings is 1. The first-order valence-electron chi connectivity index (χ1n) is 7.52. The molecule has 1 aliphatic rings. The third-order valence-corrected chi connectivity index (χ3v) is 4.16. The molecule has 0 spiro atoms. The highest BCUT2D eigenvalue weighted by Gasteiger charge is 2.24. The molecule has 0 radical (unpaired) electrons. The van der Waals surface area contributed by atoms with E-state index in [4.69, 9.17) is 0 Å². The molecule has 2 aromatic rings. The van der Waals surface area contributed by atoms with Gasteiger partial charge in [0.1, 0.15) is 5.69 Å². The molecule has 3 nitrogen and oxygen atoms in total. The Balaban J connectivity index is 1.64. The minimum atomic E-state index is 0.0604. The van der Waals surface area contributed by atoms with E-state index < -0.39 is 0 Å². The van der Waals surface area contributed by atoms with Gasteiger partial charge in [0, 0.05) is 18.8 Å². The highest BCUT2D eigenvalue weighted by atomic mass is 16.2. The van der Waals surface area contributed by atoms with E-state index in [1.807, 2.05) is 30.0 Å². The molecule has 1 saturated heterocycles. The SMILES string of the molecule is Cc1cccc(C(=O)N2CCC(c3ccccc3)CC2)n1. The smallest absolute Gasteiger partial charge is 0.272 e. The number of carbonyl (C=O) groups excluding carboxylic acids is 1. The van der Waals surface area contributed by atoms with Crippen LogP contribution in [0.4, 0.5) is 0 Å². The van der Waals surface area contributed by atoms with Crippen LogP contribution in [0.2, 0.25) is 0 Å². The molecule has 0 atom stereocenters. The summed E-state index contributed by atoms with van der Waals surface area (Å²) in [7, 11) is 0. The van der Waals surface area contributed by atoms with Gasteiger partial charge in [0.05, 0.1) is 0 Å². The average molecular weight is 280 g/mol. The first kappa shape index (κ1) is 13.8. The van der Waals surface area contributed by atoms with Crippen LogP contribution in [-0.2, 0) is 0 Å². The Kier molecular flexibility index (Phi) is 4.00. The van der Waals surface area contributed by atoms with E-state index >= 15 is 0 Å². The zero-order chi connectivity index (χ0) is 14.7. The summed E-state index contributed by atoms with van der Waals surface area (Å²) in [5, 5.41) is 0. The molecule has 108 valence electrons. The molecule has 3 rings (SSSR count). The number of hydrogen-bond acceptors (Lipinski definition) is 2. The number of nitrogens with zero attached hydrogens (tertiary/aromatic N) is 2. The van der Waals surface area contributed by atoms with E-state index in [9.17, 15) is 4.79 Å². The zero-order valence-corrected chi connectivity index (χ0v) is 12.3. The maximum atomic E-state index is 12.5. The summed E-state index contributed by atoms with van der Waals surface area (Å²) < 4.78 is 0. The second-order valence-electron chi connectivity index (χ2n) is 5.64. The number of aryl methyl sites for hydroxylation is 1. The lowest BCUT2D eigenvalue weighted by Gasteiger charge is -2.32. The lowest BCUT2D eigenvalue weighted by Crippen LogP contribution is -2.38. The molecule has 1 aliphatic heterocycles. The largest absolute Gasteiger partial charge is 0.337 e. The Hall–Kier alpha value is -2.16. The molecule has 0 unspecified atom stereocenters. The predicted octanol–water partition coefficient (Wildman–Crippen LogP) is 3.41. The van der Waals surface area contributed by atoms with Gasteiger partial charge in [-0.1, -0.05) is 36.4 Å². The molecule has 0 N–H and O–H groups in total. The van der Waals surface area contributed by atoms with Gasteiger partial charge in [-0.05, 0) is 43.4 Å². The fraction of sp³-hybridized carbons (Fsp3) is 0.333. The standard InChI is InChI=1S/C18H20N2O/c1-14-6-5-9-17(19-14)18(21)20-12-10-16(11-13-20)15-7-3-2-4-8-15/h2-9,16H,10-13H2,1H3. The van der Waals surface area contributed by atoms with E-state index in [-0.39, 0.29) is 5.91 Å². The van der Waals surface area contributed by atoms with Crippen molar-refractivity contribution in [2.75, 3.05) is 13.1 Å². The van der Waals surface area contributed by atoms with Gasteiger partial charge < -0.3 is 4.90 Å². The summed E-state index contributed by atoms with van der Waals surface area (Å²) in [4.78, 5) is 18.7. The van der Waals surface area contributed by atoms with Crippen LogP contribution >= 0.6 is 0 Å². The highest BCUT2D eigenvalue weighted by Crippen LogP contribution is 2.28. The normalized spacial score (nSPS) is 16.0. The Morgan fingerprint density at radius 2 is 1.76 bits per heavy atom. The van der Waals surface area contributed by atoms with Crippen molar-refractivity contribution in [3.63, 3.8) is 0 Å². The summed E-state index contributed by atoms with van der Waals surface area (Å²) in [5.41, 5.74) is 2.84. The molecular formula is C18H20N2O. The molecule has 1 aromatic carbocycles. The number of amides is 1. The third kappa shape index (κ3) is 3.13. The van der Waals surface area contributed by atoms with E-state index in [1.54, 1.807) is 6.07 Å². The maximum Gasteiger partial charge on any atom is 0.272 e. The number of rotatable bonds is 2. The molecule has 1 fully saturated rings. The molecule has 1 amide bonds. The van der Waals surface area contributed by atoms with Crippen molar-refractivity contribution in [1.82, 2.24) is 9.88 Å². The fourth-order valence-corrected chi connectivity index (χ4v) is 2.97. The predicted molar refractivity (Wildman–Crippen MR) is 83.3 cm³/mol. The summed E-state index contributed by atoms with van der Waals surface area (Å²) in [5.74, 6) is 0.630. The van der Waals surface area contributed by atoms with Crippen molar-refractivity contribution in [2.45, 2.75) is 25.7 Å². The zero-order valence-electron chi connectivity index (χ0n) is 12.3. The van der Waals surface area contributed by atoms with Crippen LogP contribution in [0.5, 0.6) is 0 Å². The van der Waals surface area contributed by atoms with Crippen LogP contribution in [0.1, 0.15) is 40.5 Å². The van der Waals surface area contributed by atoms with Gasteiger partial charge in [-0.2, -0.15) is 0 Å². The van der Waals surface area contributed by atoms with Crippen LogP contribution in [-0.4, -0.2) is 28.9 Å². The van der Waals surface area contributed by atoms with Crippen LogP contribution in [0.25, 0.3) is 0 Å². The van der Waals surface area contributed by atoms with Gasteiger partial charge in [-0.3, -0.25) is 4.79 Å². The number of carbonyl (C=O) groups is 1. The van der Waals surface area contributed by atoms with E-state index in [1.165, 1.54) is 5.56 Å². The first-order chi connectivity index (χ1) is 10.2. The minimum absolute atomic E-state index is 0.0604. The lowest BCUT2D eigenvalue weighted by atomic mass is 9.89.